The largest absolute Gasteiger partial charge is 0.398 e. The fraction of sp³-hybridized carbons (Fsp3) is 0.250. The Kier molecular flexibility index (Phi) is 3.59. The van der Waals surface area contributed by atoms with E-state index in [0.29, 0.717) is 11.4 Å². The van der Waals surface area contributed by atoms with E-state index in [2.05, 4.69) is 9.82 Å². The Labute approximate surface area is 112 Å². The van der Waals surface area contributed by atoms with Crippen molar-refractivity contribution in [3.63, 3.8) is 0 Å². The molecule has 0 atom stereocenters. The molecule has 6 nitrogen and oxygen atoms in total. The van der Waals surface area contributed by atoms with Crippen LogP contribution in [0.2, 0.25) is 0 Å². The quantitative estimate of drug-likeness (QED) is 0.810. The monoisotopic (exact) mass is 280 g/mol. The van der Waals surface area contributed by atoms with Gasteiger partial charge < -0.3 is 5.73 Å². The number of aromatic nitrogens is 2. The summed E-state index contributed by atoms with van der Waals surface area (Å²) < 4.78 is 28.3. The molecule has 0 radical (unpaired) electrons. The van der Waals surface area contributed by atoms with Gasteiger partial charge in [0.1, 0.15) is 0 Å². The van der Waals surface area contributed by atoms with Gasteiger partial charge in [0.05, 0.1) is 17.1 Å². The smallest absolute Gasteiger partial charge is 0.240 e. The molecule has 0 aliphatic heterocycles. The van der Waals surface area contributed by atoms with Crippen LogP contribution >= 0.6 is 0 Å². The highest BCUT2D eigenvalue weighted by Gasteiger charge is 2.15. The van der Waals surface area contributed by atoms with Gasteiger partial charge in [0.15, 0.2) is 0 Å². The number of sulfonamides is 1. The summed E-state index contributed by atoms with van der Waals surface area (Å²) in [4.78, 5) is 0.159. The topological polar surface area (TPSA) is 90.0 Å². The molecule has 19 heavy (non-hydrogen) atoms. The van der Waals surface area contributed by atoms with Crippen molar-refractivity contribution in [2.45, 2.75) is 18.4 Å². The third kappa shape index (κ3) is 3.12. The molecule has 1 heterocycles. The van der Waals surface area contributed by atoms with Crippen LogP contribution < -0.4 is 10.5 Å². The van der Waals surface area contributed by atoms with E-state index >= 15 is 0 Å². The molecule has 0 fully saturated rings. The van der Waals surface area contributed by atoms with Gasteiger partial charge in [-0.3, -0.25) is 4.68 Å². The lowest BCUT2D eigenvalue weighted by Gasteiger charge is -2.07. The number of benzene rings is 1. The molecule has 0 saturated carbocycles. The first-order valence-electron chi connectivity index (χ1n) is 5.73. The van der Waals surface area contributed by atoms with E-state index in [1.807, 2.05) is 6.92 Å². The number of hydrogen-bond acceptors (Lipinski definition) is 4. The molecule has 102 valence electrons. The van der Waals surface area contributed by atoms with Crippen molar-refractivity contribution < 1.29 is 8.42 Å². The highest BCUT2D eigenvalue weighted by atomic mass is 32.2. The molecule has 7 heteroatoms. The maximum atomic E-state index is 12.1. The fourth-order valence-electron chi connectivity index (χ4n) is 1.60. The summed E-state index contributed by atoms with van der Waals surface area (Å²) in [5, 5.41) is 4.10. The van der Waals surface area contributed by atoms with E-state index in [-0.39, 0.29) is 11.4 Å². The zero-order valence-electron chi connectivity index (χ0n) is 10.8. The minimum atomic E-state index is -3.57. The van der Waals surface area contributed by atoms with E-state index in [4.69, 9.17) is 5.73 Å². The first kappa shape index (κ1) is 13.6. The van der Waals surface area contributed by atoms with Crippen molar-refractivity contribution in [2.75, 3.05) is 5.73 Å². The van der Waals surface area contributed by atoms with Crippen LogP contribution in [0.3, 0.4) is 0 Å². The summed E-state index contributed by atoms with van der Waals surface area (Å²) in [5.74, 6) is 0. The standard InChI is InChI=1S/C12H16N4O2S/c1-9-3-4-11(7-12(9)13)19(17,18)14-8-10-5-6-16(2)15-10/h3-7,14H,8,13H2,1-2H3. The molecule has 0 aliphatic rings. The molecule has 0 unspecified atom stereocenters. The van der Waals surface area contributed by atoms with Gasteiger partial charge in [-0.2, -0.15) is 5.10 Å². The van der Waals surface area contributed by atoms with Crippen LogP contribution in [0, 0.1) is 6.92 Å². The van der Waals surface area contributed by atoms with Crippen molar-refractivity contribution in [2.24, 2.45) is 7.05 Å². The van der Waals surface area contributed by atoms with Crippen molar-refractivity contribution in [1.82, 2.24) is 14.5 Å². The Morgan fingerprint density at radius 3 is 2.68 bits per heavy atom. The Balaban J connectivity index is 2.16. The number of hydrogen-bond donors (Lipinski definition) is 2. The Morgan fingerprint density at radius 2 is 2.11 bits per heavy atom. The Bertz CT molecular complexity index is 692. The fourth-order valence-corrected chi connectivity index (χ4v) is 2.63. The van der Waals surface area contributed by atoms with Crippen molar-refractivity contribution >= 4 is 15.7 Å². The van der Waals surface area contributed by atoms with Gasteiger partial charge in [0, 0.05) is 18.9 Å². The number of rotatable bonds is 4. The molecule has 0 bridgehead atoms. The van der Waals surface area contributed by atoms with Gasteiger partial charge in [-0.25, -0.2) is 13.1 Å². The van der Waals surface area contributed by atoms with Crippen LogP contribution in [-0.4, -0.2) is 18.2 Å². The third-order valence-corrected chi connectivity index (χ3v) is 4.17. The highest BCUT2D eigenvalue weighted by Crippen LogP contribution is 2.17. The van der Waals surface area contributed by atoms with E-state index in [9.17, 15) is 8.42 Å². The predicted molar refractivity (Wildman–Crippen MR) is 72.8 cm³/mol. The van der Waals surface area contributed by atoms with E-state index in [1.54, 1.807) is 30.1 Å². The van der Waals surface area contributed by atoms with Gasteiger partial charge in [-0.1, -0.05) is 6.07 Å². The average molecular weight is 280 g/mol. The summed E-state index contributed by atoms with van der Waals surface area (Å²) in [6.07, 6.45) is 1.76. The van der Waals surface area contributed by atoms with E-state index in [1.165, 1.54) is 12.1 Å². The lowest BCUT2D eigenvalue weighted by atomic mass is 10.2. The molecule has 0 saturated heterocycles. The first-order chi connectivity index (χ1) is 8.88. The van der Waals surface area contributed by atoms with Crippen molar-refractivity contribution in [3.05, 3.63) is 41.7 Å². The van der Waals surface area contributed by atoms with Gasteiger partial charge in [-0.15, -0.1) is 0 Å². The molecule has 1 aromatic heterocycles. The molecule has 0 aliphatic carbocycles. The molecular formula is C12H16N4O2S. The summed E-state index contributed by atoms with van der Waals surface area (Å²) in [7, 11) is -1.79. The molecule has 3 N–H and O–H groups in total. The van der Waals surface area contributed by atoms with E-state index in [0.717, 1.165) is 5.56 Å². The zero-order chi connectivity index (χ0) is 14.0. The highest BCUT2D eigenvalue weighted by molar-refractivity contribution is 7.89. The molecule has 2 aromatic rings. The second kappa shape index (κ2) is 5.02. The number of aryl methyl sites for hydroxylation is 2. The number of nitrogens with two attached hydrogens (primary N) is 1. The van der Waals surface area contributed by atoms with Gasteiger partial charge >= 0.3 is 0 Å². The second-order valence-corrected chi connectivity index (χ2v) is 6.09. The normalized spacial score (nSPS) is 11.7. The van der Waals surface area contributed by atoms with Gasteiger partial charge in [0.2, 0.25) is 10.0 Å². The molecule has 0 spiro atoms. The van der Waals surface area contributed by atoms with Crippen LogP contribution in [-0.2, 0) is 23.6 Å². The molecule has 0 amide bonds. The summed E-state index contributed by atoms with van der Waals surface area (Å²) in [6, 6.07) is 6.43. The summed E-state index contributed by atoms with van der Waals surface area (Å²) in [6.45, 7) is 1.98. The number of nitrogen functional groups attached to an aromatic ring is 1. The molecule has 1 aromatic carbocycles. The number of nitrogens with one attached hydrogen (secondary N) is 1. The predicted octanol–water partition coefficient (Wildman–Crippen LogP) is 0.789. The SMILES string of the molecule is Cc1ccc(S(=O)(=O)NCc2ccn(C)n2)cc1N. The van der Waals surface area contributed by atoms with Crippen LogP contribution in [0.25, 0.3) is 0 Å². The first-order valence-corrected chi connectivity index (χ1v) is 7.21. The van der Waals surface area contributed by atoms with Gasteiger partial charge in [0.25, 0.3) is 0 Å². The Hall–Kier alpha value is -1.86. The average Bonchev–Trinajstić information content (AvgIpc) is 2.76. The van der Waals surface area contributed by atoms with Crippen LogP contribution in [0.4, 0.5) is 5.69 Å². The number of anilines is 1. The lowest BCUT2D eigenvalue weighted by molar-refractivity contribution is 0.579. The summed E-state index contributed by atoms with van der Waals surface area (Å²) in [5.41, 5.74) is 7.69. The maximum absolute atomic E-state index is 12.1. The number of nitrogens with zero attached hydrogens (tertiary/aromatic N) is 2. The second-order valence-electron chi connectivity index (χ2n) is 4.32. The molecular weight excluding hydrogens is 264 g/mol. The maximum Gasteiger partial charge on any atom is 0.240 e. The van der Waals surface area contributed by atoms with E-state index < -0.39 is 10.0 Å². The molecule has 2 rings (SSSR count). The summed E-state index contributed by atoms with van der Waals surface area (Å²) >= 11 is 0. The zero-order valence-corrected chi connectivity index (χ0v) is 11.6. The van der Waals surface area contributed by atoms with Crippen LogP contribution in [0.1, 0.15) is 11.3 Å². The Morgan fingerprint density at radius 1 is 1.37 bits per heavy atom. The van der Waals surface area contributed by atoms with Crippen molar-refractivity contribution in [3.8, 4) is 0 Å². The van der Waals surface area contributed by atoms with Crippen molar-refractivity contribution in [1.29, 1.82) is 0 Å². The van der Waals surface area contributed by atoms with Crippen LogP contribution in [0.5, 0.6) is 0 Å². The van der Waals surface area contributed by atoms with Gasteiger partial charge in [-0.05, 0) is 30.7 Å². The third-order valence-electron chi connectivity index (χ3n) is 2.77. The minimum Gasteiger partial charge on any atom is -0.398 e. The van der Waals surface area contributed by atoms with Crippen LogP contribution in [0.15, 0.2) is 35.4 Å². The minimum absolute atomic E-state index is 0.150. The lowest BCUT2D eigenvalue weighted by Crippen LogP contribution is -2.23.